The fraction of sp³-hybridized carbons (Fsp3) is 0.385. The topological polar surface area (TPSA) is 66.4 Å². The van der Waals surface area contributed by atoms with E-state index in [1.54, 1.807) is 32.9 Å². The molecule has 0 spiro atoms. The van der Waals surface area contributed by atoms with Crippen LogP contribution in [0.1, 0.15) is 29.8 Å². The van der Waals surface area contributed by atoms with E-state index >= 15 is 0 Å². The molecule has 0 fully saturated rings. The first-order valence-electron chi connectivity index (χ1n) is 5.62. The summed E-state index contributed by atoms with van der Waals surface area (Å²) in [5.74, 6) is -1.65. The van der Waals surface area contributed by atoms with Gasteiger partial charge >= 0.3 is 5.97 Å². The normalized spacial score (nSPS) is 12.3. The number of halogens is 1. The second-order valence-corrected chi connectivity index (χ2v) is 4.93. The van der Waals surface area contributed by atoms with Gasteiger partial charge in [0.1, 0.15) is 6.04 Å². The molecule has 0 saturated carbocycles. The molecule has 0 heterocycles. The van der Waals surface area contributed by atoms with Crippen molar-refractivity contribution < 1.29 is 14.7 Å². The van der Waals surface area contributed by atoms with E-state index in [4.69, 9.17) is 16.7 Å². The van der Waals surface area contributed by atoms with Gasteiger partial charge in [0.25, 0.3) is 5.91 Å². The lowest BCUT2D eigenvalue weighted by Gasteiger charge is -2.18. The Morgan fingerprint density at radius 2 is 1.94 bits per heavy atom. The summed E-state index contributed by atoms with van der Waals surface area (Å²) < 4.78 is 0. The molecule has 0 unspecified atom stereocenters. The molecule has 0 aromatic heterocycles. The Bertz CT molecular complexity index is 471. The third-order valence-corrected chi connectivity index (χ3v) is 2.90. The maximum absolute atomic E-state index is 12.0. The zero-order chi connectivity index (χ0) is 13.9. The third-order valence-electron chi connectivity index (χ3n) is 2.66. The van der Waals surface area contributed by atoms with Crippen molar-refractivity contribution in [3.05, 3.63) is 34.3 Å². The van der Waals surface area contributed by atoms with Gasteiger partial charge in [-0.3, -0.25) is 4.79 Å². The number of carbonyl (C=O) groups excluding carboxylic acids is 1. The molecule has 1 amide bonds. The van der Waals surface area contributed by atoms with Crippen LogP contribution >= 0.6 is 11.6 Å². The predicted molar refractivity (Wildman–Crippen MR) is 69.9 cm³/mol. The fourth-order valence-electron chi connectivity index (χ4n) is 1.57. The van der Waals surface area contributed by atoms with E-state index in [0.717, 1.165) is 5.56 Å². The predicted octanol–water partition coefficient (Wildman–Crippen LogP) is 2.49. The molecule has 98 valence electrons. The Labute approximate surface area is 111 Å². The highest BCUT2D eigenvalue weighted by atomic mass is 35.5. The number of aryl methyl sites for hydroxylation is 1. The van der Waals surface area contributed by atoms with Crippen LogP contribution in [0.25, 0.3) is 0 Å². The lowest BCUT2D eigenvalue weighted by atomic mass is 10.0. The Morgan fingerprint density at radius 3 is 2.44 bits per heavy atom. The summed E-state index contributed by atoms with van der Waals surface area (Å²) in [6.45, 7) is 5.25. The van der Waals surface area contributed by atoms with Crippen LogP contribution in [-0.2, 0) is 4.79 Å². The monoisotopic (exact) mass is 269 g/mol. The Morgan fingerprint density at radius 1 is 1.33 bits per heavy atom. The highest BCUT2D eigenvalue weighted by Gasteiger charge is 2.24. The van der Waals surface area contributed by atoms with Gasteiger partial charge in [-0.05, 0) is 30.5 Å². The number of amides is 1. The quantitative estimate of drug-likeness (QED) is 0.882. The number of benzene rings is 1. The molecule has 1 rings (SSSR count). The summed E-state index contributed by atoms with van der Waals surface area (Å²) >= 11 is 5.83. The standard InChI is InChI=1S/C13H16ClNO3/c1-7(2)11(13(17)18)15-12(16)10-6-9(14)5-4-8(10)3/h4-7,11H,1-3H3,(H,15,16)(H,17,18)/t11-/m1/s1. The van der Waals surface area contributed by atoms with Crippen LogP contribution in [0.15, 0.2) is 18.2 Å². The molecule has 4 nitrogen and oxygen atoms in total. The van der Waals surface area contributed by atoms with Crippen molar-refractivity contribution in [2.24, 2.45) is 5.92 Å². The third kappa shape index (κ3) is 3.47. The van der Waals surface area contributed by atoms with Gasteiger partial charge in [-0.15, -0.1) is 0 Å². The molecular weight excluding hydrogens is 254 g/mol. The molecule has 0 bridgehead atoms. The first-order valence-corrected chi connectivity index (χ1v) is 6.00. The van der Waals surface area contributed by atoms with E-state index < -0.39 is 17.9 Å². The number of nitrogens with one attached hydrogen (secondary N) is 1. The van der Waals surface area contributed by atoms with Crippen molar-refractivity contribution in [1.82, 2.24) is 5.32 Å². The zero-order valence-electron chi connectivity index (χ0n) is 10.5. The second kappa shape index (κ2) is 5.87. The SMILES string of the molecule is Cc1ccc(Cl)cc1C(=O)N[C@@H](C(=O)O)C(C)C. The summed E-state index contributed by atoms with van der Waals surface area (Å²) in [5, 5.41) is 12.0. The van der Waals surface area contributed by atoms with Crippen molar-refractivity contribution in [3.8, 4) is 0 Å². The lowest BCUT2D eigenvalue weighted by Crippen LogP contribution is -2.44. The van der Waals surface area contributed by atoms with Gasteiger partial charge < -0.3 is 10.4 Å². The molecule has 1 atom stereocenters. The van der Waals surface area contributed by atoms with E-state index in [2.05, 4.69) is 5.32 Å². The van der Waals surface area contributed by atoms with E-state index in [0.29, 0.717) is 10.6 Å². The van der Waals surface area contributed by atoms with Crippen LogP contribution < -0.4 is 5.32 Å². The van der Waals surface area contributed by atoms with E-state index in [9.17, 15) is 9.59 Å². The Hall–Kier alpha value is -1.55. The Balaban J connectivity index is 2.94. The summed E-state index contributed by atoms with van der Waals surface area (Å²) in [5.41, 5.74) is 1.15. The van der Waals surface area contributed by atoms with E-state index in [1.807, 2.05) is 0 Å². The highest BCUT2D eigenvalue weighted by molar-refractivity contribution is 6.31. The number of carboxylic acid groups (broad SMARTS) is 1. The number of rotatable bonds is 4. The molecule has 18 heavy (non-hydrogen) atoms. The van der Waals surface area contributed by atoms with Crippen molar-refractivity contribution >= 4 is 23.5 Å². The fourth-order valence-corrected chi connectivity index (χ4v) is 1.74. The zero-order valence-corrected chi connectivity index (χ0v) is 11.3. The largest absolute Gasteiger partial charge is 0.480 e. The van der Waals surface area contributed by atoms with Gasteiger partial charge in [0.05, 0.1) is 0 Å². The van der Waals surface area contributed by atoms with Crippen LogP contribution in [0.3, 0.4) is 0 Å². The molecule has 2 N–H and O–H groups in total. The first-order chi connectivity index (χ1) is 8.32. The summed E-state index contributed by atoms with van der Waals surface area (Å²) in [4.78, 5) is 23.0. The summed E-state index contributed by atoms with van der Waals surface area (Å²) in [7, 11) is 0. The Kier molecular flexibility index (Phi) is 4.73. The maximum Gasteiger partial charge on any atom is 0.326 e. The van der Waals surface area contributed by atoms with Crippen LogP contribution in [0.5, 0.6) is 0 Å². The van der Waals surface area contributed by atoms with Gasteiger partial charge in [0, 0.05) is 10.6 Å². The molecule has 0 saturated heterocycles. The van der Waals surface area contributed by atoms with E-state index in [-0.39, 0.29) is 5.92 Å². The molecular formula is C13H16ClNO3. The smallest absolute Gasteiger partial charge is 0.326 e. The van der Waals surface area contributed by atoms with Gasteiger partial charge in [0.15, 0.2) is 0 Å². The summed E-state index contributed by atoms with van der Waals surface area (Å²) in [6.07, 6.45) is 0. The van der Waals surface area contributed by atoms with Crippen molar-refractivity contribution in [2.75, 3.05) is 0 Å². The van der Waals surface area contributed by atoms with Crippen molar-refractivity contribution in [3.63, 3.8) is 0 Å². The van der Waals surface area contributed by atoms with Crippen LogP contribution in [0.4, 0.5) is 0 Å². The maximum atomic E-state index is 12.0. The lowest BCUT2D eigenvalue weighted by molar-refractivity contribution is -0.140. The van der Waals surface area contributed by atoms with E-state index in [1.165, 1.54) is 6.07 Å². The van der Waals surface area contributed by atoms with Crippen molar-refractivity contribution in [1.29, 1.82) is 0 Å². The molecule has 0 aliphatic heterocycles. The van der Waals surface area contributed by atoms with Gasteiger partial charge in [-0.25, -0.2) is 4.79 Å². The minimum absolute atomic E-state index is 0.189. The number of aliphatic carboxylic acids is 1. The minimum Gasteiger partial charge on any atom is -0.480 e. The van der Waals surface area contributed by atoms with Crippen LogP contribution in [-0.4, -0.2) is 23.0 Å². The molecule has 0 radical (unpaired) electrons. The highest BCUT2D eigenvalue weighted by Crippen LogP contribution is 2.16. The summed E-state index contributed by atoms with van der Waals surface area (Å²) in [6, 6.07) is 4.04. The first kappa shape index (κ1) is 14.5. The second-order valence-electron chi connectivity index (χ2n) is 4.49. The molecule has 1 aromatic rings. The average molecular weight is 270 g/mol. The molecule has 1 aromatic carbocycles. The van der Waals surface area contributed by atoms with Crippen molar-refractivity contribution in [2.45, 2.75) is 26.8 Å². The van der Waals surface area contributed by atoms with Crippen LogP contribution in [0.2, 0.25) is 5.02 Å². The minimum atomic E-state index is -1.04. The van der Waals surface area contributed by atoms with Gasteiger partial charge in [-0.1, -0.05) is 31.5 Å². The van der Waals surface area contributed by atoms with Gasteiger partial charge in [0.2, 0.25) is 0 Å². The van der Waals surface area contributed by atoms with Crippen LogP contribution in [0, 0.1) is 12.8 Å². The molecule has 0 aliphatic rings. The number of carbonyl (C=O) groups is 2. The number of hydrogen-bond acceptors (Lipinski definition) is 2. The average Bonchev–Trinajstić information content (AvgIpc) is 2.28. The number of hydrogen-bond donors (Lipinski definition) is 2. The molecule has 5 heteroatoms. The molecule has 0 aliphatic carbocycles. The van der Waals surface area contributed by atoms with Gasteiger partial charge in [-0.2, -0.15) is 0 Å². The number of carboxylic acids is 1.